The molecule has 8 heteroatoms. The summed E-state index contributed by atoms with van der Waals surface area (Å²) in [5.74, 6) is 1.06. The first kappa shape index (κ1) is 17.4. The van der Waals surface area contributed by atoms with Crippen molar-refractivity contribution < 1.29 is 14.3 Å². The number of carbonyl (C=O) groups is 2. The Kier molecular flexibility index (Phi) is 3.92. The van der Waals surface area contributed by atoms with E-state index in [1.165, 1.54) is 16.9 Å². The lowest BCUT2D eigenvalue weighted by atomic mass is 10.1. The summed E-state index contributed by atoms with van der Waals surface area (Å²) in [6.07, 6.45) is 1.46. The van der Waals surface area contributed by atoms with Gasteiger partial charge < -0.3 is 20.3 Å². The first-order valence-corrected chi connectivity index (χ1v) is 11.0. The maximum atomic E-state index is 13.0. The molecule has 0 spiro atoms. The molecule has 4 atom stereocenters. The van der Waals surface area contributed by atoms with Crippen LogP contribution in [0, 0.1) is 17.8 Å². The Morgan fingerprint density at radius 3 is 2.90 bits per heavy atom. The standard InChI is InChI=1S/C21H22N4O3S/c26-19(18-12-9-28-10-13(12)18)24-21-23-15-5-6-25(8-17(15)29-21)20(27)16-7-11-3-1-2-4-14(11)22-16/h1-4,12-13,16,18,22H,5-10H2,(H,23,24,26)/t12-,13+,16?,18+. The molecule has 2 N–H and O–H groups in total. The first-order chi connectivity index (χ1) is 14.2. The fourth-order valence-electron chi connectivity index (χ4n) is 4.92. The molecule has 0 bridgehead atoms. The second-order valence-electron chi connectivity index (χ2n) is 8.34. The summed E-state index contributed by atoms with van der Waals surface area (Å²) in [6.45, 7) is 2.64. The molecule has 6 rings (SSSR count). The van der Waals surface area contributed by atoms with Gasteiger partial charge in [-0.05, 0) is 23.5 Å². The fraction of sp³-hybridized carbons (Fsp3) is 0.476. The highest BCUT2D eigenvalue weighted by Gasteiger charge is 2.58. The Balaban J connectivity index is 1.11. The second kappa shape index (κ2) is 6.53. The van der Waals surface area contributed by atoms with Crippen LogP contribution in [0.5, 0.6) is 0 Å². The third kappa shape index (κ3) is 2.93. The second-order valence-corrected chi connectivity index (χ2v) is 9.42. The Bertz CT molecular complexity index is 971. The third-order valence-corrected chi connectivity index (χ3v) is 7.60. The number of hydrogen-bond donors (Lipinski definition) is 2. The number of benzene rings is 1. The van der Waals surface area contributed by atoms with E-state index in [0.29, 0.717) is 43.3 Å². The molecule has 4 aliphatic rings. The Hall–Kier alpha value is -2.45. The molecule has 1 saturated carbocycles. The van der Waals surface area contributed by atoms with Crippen molar-refractivity contribution in [2.75, 3.05) is 30.4 Å². The average molecular weight is 410 g/mol. The van der Waals surface area contributed by atoms with Gasteiger partial charge in [0.2, 0.25) is 11.8 Å². The van der Waals surface area contributed by atoms with Gasteiger partial charge in [0.15, 0.2) is 5.13 Å². The summed E-state index contributed by atoms with van der Waals surface area (Å²) in [6, 6.07) is 7.89. The molecule has 29 heavy (non-hydrogen) atoms. The number of fused-ring (bicyclic) bond motifs is 3. The topological polar surface area (TPSA) is 83.6 Å². The molecular weight excluding hydrogens is 388 g/mol. The summed E-state index contributed by atoms with van der Waals surface area (Å²) < 4.78 is 5.36. The van der Waals surface area contributed by atoms with Crippen molar-refractivity contribution in [3.8, 4) is 0 Å². The maximum Gasteiger partial charge on any atom is 0.245 e. The highest BCUT2D eigenvalue weighted by molar-refractivity contribution is 7.15. The number of carbonyl (C=O) groups excluding carboxylic acids is 2. The summed E-state index contributed by atoms with van der Waals surface area (Å²) in [5.41, 5.74) is 3.26. The lowest BCUT2D eigenvalue weighted by molar-refractivity contribution is -0.132. The van der Waals surface area contributed by atoms with Crippen LogP contribution in [0.4, 0.5) is 10.8 Å². The van der Waals surface area contributed by atoms with Crippen LogP contribution in [0.1, 0.15) is 16.1 Å². The highest BCUT2D eigenvalue weighted by atomic mass is 32.1. The van der Waals surface area contributed by atoms with Crippen molar-refractivity contribution in [3.05, 3.63) is 40.4 Å². The van der Waals surface area contributed by atoms with Crippen LogP contribution in [0.15, 0.2) is 24.3 Å². The van der Waals surface area contributed by atoms with Gasteiger partial charge in [-0.2, -0.15) is 0 Å². The Labute approximate surface area is 172 Å². The van der Waals surface area contributed by atoms with E-state index in [2.05, 4.69) is 21.7 Å². The van der Waals surface area contributed by atoms with Gasteiger partial charge in [0.05, 0.1) is 25.5 Å². The van der Waals surface area contributed by atoms with Gasteiger partial charge in [-0.3, -0.25) is 9.59 Å². The monoisotopic (exact) mass is 410 g/mol. The molecule has 1 aliphatic carbocycles. The predicted octanol–water partition coefficient (Wildman–Crippen LogP) is 1.90. The van der Waals surface area contributed by atoms with Crippen molar-refractivity contribution in [1.82, 2.24) is 9.88 Å². The number of amides is 2. The smallest absolute Gasteiger partial charge is 0.245 e. The van der Waals surface area contributed by atoms with E-state index >= 15 is 0 Å². The lowest BCUT2D eigenvalue weighted by Crippen LogP contribution is -2.44. The molecule has 1 saturated heterocycles. The van der Waals surface area contributed by atoms with Gasteiger partial charge in [0.1, 0.15) is 6.04 Å². The molecule has 2 fully saturated rings. The van der Waals surface area contributed by atoms with Gasteiger partial charge in [-0.15, -0.1) is 0 Å². The van der Waals surface area contributed by atoms with Crippen molar-refractivity contribution in [2.24, 2.45) is 17.8 Å². The van der Waals surface area contributed by atoms with Gasteiger partial charge >= 0.3 is 0 Å². The zero-order valence-corrected chi connectivity index (χ0v) is 16.7. The quantitative estimate of drug-likeness (QED) is 0.808. The number of para-hydroxylation sites is 1. The molecule has 1 aromatic carbocycles. The van der Waals surface area contributed by atoms with Crippen LogP contribution in [0.25, 0.3) is 0 Å². The molecular formula is C21H22N4O3S. The van der Waals surface area contributed by atoms with E-state index in [4.69, 9.17) is 4.74 Å². The molecule has 1 unspecified atom stereocenters. The molecule has 4 heterocycles. The summed E-state index contributed by atoms with van der Waals surface area (Å²) in [7, 11) is 0. The third-order valence-electron chi connectivity index (χ3n) is 6.60. The van der Waals surface area contributed by atoms with Crippen LogP contribution in [0.3, 0.4) is 0 Å². The van der Waals surface area contributed by atoms with E-state index in [1.54, 1.807) is 0 Å². The van der Waals surface area contributed by atoms with E-state index < -0.39 is 0 Å². The fourth-order valence-corrected chi connectivity index (χ4v) is 5.95. The van der Waals surface area contributed by atoms with Crippen LogP contribution in [-0.4, -0.2) is 47.5 Å². The number of nitrogens with one attached hydrogen (secondary N) is 2. The molecule has 150 valence electrons. The molecule has 0 radical (unpaired) electrons. The van der Waals surface area contributed by atoms with Gasteiger partial charge in [-0.25, -0.2) is 4.98 Å². The number of hydrogen-bond acceptors (Lipinski definition) is 6. The zero-order valence-electron chi connectivity index (χ0n) is 15.9. The van der Waals surface area contributed by atoms with Crippen LogP contribution >= 0.6 is 11.3 Å². The number of rotatable bonds is 3. The van der Waals surface area contributed by atoms with Crippen molar-refractivity contribution in [1.29, 1.82) is 0 Å². The van der Waals surface area contributed by atoms with E-state index in [9.17, 15) is 9.59 Å². The Morgan fingerprint density at radius 2 is 2.07 bits per heavy atom. The van der Waals surface area contributed by atoms with Gasteiger partial charge in [0.25, 0.3) is 0 Å². The number of anilines is 2. The minimum Gasteiger partial charge on any atom is -0.381 e. The van der Waals surface area contributed by atoms with Crippen LogP contribution < -0.4 is 10.6 Å². The van der Waals surface area contributed by atoms with Crippen molar-refractivity contribution >= 4 is 34.0 Å². The average Bonchev–Trinajstić information content (AvgIpc) is 3.15. The van der Waals surface area contributed by atoms with Crippen LogP contribution in [0.2, 0.25) is 0 Å². The normalized spacial score (nSPS) is 28.9. The number of nitrogens with zero attached hydrogens (tertiary/aromatic N) is 2. The predicted molar refractivity (Wildman–Crippen MR) is 109 cm³/mol. The van der Waals surface area contributed by atoms with E-state index in [1.807, 2.05) is 23.1 Å². The lowest BCUT2D eigenvalue weighted by Gasteiger charge is -2.28. The van der Waals surface area contributed by atoms with Crippen molar-refractivity contribution in [3.63, 3.8) is 0 Å². The molecule has 7 nitrogen and oxygen atoms in total. The SMILES string of the molecule is O=C(Nc1nc2c(s1)CN(C(=O)C1Cc3ccccc3N1)CC2)[C@H]1[C@@H]2COC[C@@H]21. The molecule has 2 aromatic rings. The number of aromatic nitrogens is 1. The van der Waals surface area contributed by atoms with Crippen LogP contribution in [-0.2, 0) is 33.7 Å². The minimum atomic E-state index is -0.197. The summed E-state index contributed by atoms with van der Waals surface area (Å²) >= 11 is 1.50. The zero-order chi connectivity index (χ0) is 19.5. The summed E-state index contributed by atoms with van der Waals surface area (Å²) in [5, 5.41) is 7.01. The first-order valence-electron chi connectivity index (χ1n) is 10.2. The number of thiazole rings is 1. The highest BCUT2D eigenvalue weighted by Crippen LogP contribution is 2.51. The largest absolute Gasteiger partial charge is 0.381 e. The number of ether oxygens (including phenoxy) is 1. The molecule has 3 aliphatic heterocycles. The minimum absolute atomic E-state index is 0.0650. The summed E-state index contributed by atoms with van der Waals surface area (Å²) in [4.78, 5) is 33.1. The molecule has 1 aromatic heterocycles. The van der Waals surface area contributed by atoms with Crippen molar-refractivity contribution in [2.45, 2.75) is 25.4 Å². The molecule has 2 amide bonds. The van der Waals surface area contributed by atoms with Gasteiger partial charge in [-0.1, -0.05) is 29.5 Å². The van der Waals surface area contributed by atoms with E-state index in [0.717, 1.165) is 29.1 Å². The maximum absolute atomic E-state index is 13.0. The van der Waals surface area contributed by atoms with Gasteiger partial charge in [0, 0.05) is 35.9 Å². The van der Waals surface area contributed by atoms with E-state index in [-0.39, 0.29) is 23.8 Å². The Morgan fingerprint density at radius 1 is 1.24 bits per heavy atom.